The van der Waals surface area contributed by atoms with Crippen molar-refractivity contribution in [2.24, 2.45) is 0 Å². The predicted octanol–water partition coefficient (Wildman–Crippen LogP) is 7.86. The Morgan fingerprint density at radius 2 is 1.60 bits per heavy atom. The van der Waals surface area contributed by atoms with E-state index in [0.29, 0.717) is 12.1 Å². The Kier molecular flexibility index (Phi) is 8.71. The fraction of sp³-hybridized carbons (Fsp3) is 0.242. The van der Waals surface area contributed by atoms with Gasteiger partial charge in [-0.25, -0.2) is 9.97 Å². The Balaban J connectivity index is 1.62. The van der Waals surface area contributed by atoms with Gasteiger partial charge in [0.05, 0.1) is 12.5 Å². The molecule has 2 heterocycles. The molecule has 7 heteroatoms. The lowest BCUT2D eigenvalue weighted by atomic mass is 9.98. The number of unbranched alkanes of at least 4 members (excludes halogenated alkanes) is 2. The summed E-state index contributed by atoms with van der Waals surface area (Å²) in [4.78, 5) is 23.2. The van der Waals surface area contributed by atoms with Crippen LogP contribution in [0.15, 0.2) is 95.7 Å². The van der Waals surface area contributed by atoms with Crippen LogP contribution in [-0.2, 0) is 9.53 Å². The summed E-state index contributed by atoms with van der Waals surface area (Å²) in [6.07, 6.45) is 4.55. The molecule has 204 valence electrons. The van der Waals surface area contributed by atoms with Crippen molar-refractivity contribution in [1.29, 1.82) is 0 Å². The van der Waals surface area contributed by atoms with Gasteiger partial charge in [-0.05, 0) is 49.6 Å². The average Bonchev–Trinajstić information content (AvgIpc) is 3.40. The molecule has 0 bridgehead atoms. The van der Waals surface area contributed by atoms with E-state index in [1.54, 1.807) is 6.33 Å². The van der Waals surface area contributed by atoms with E-state index in [9.17, 15) is 4.79 Å². The summed E-state index contributed by atoms with van der Waals surface area (Å²) in [7, 11) is 1.43. The van der Waals surface area contributed by atoms with Crippen molar-refractivity contribution in [3.63, 3.8) is 0 Å². The van der Waals surface area contributed by atoms with Crippen LogP contribution in [0, 0.1) is 0 Å². The summed E-state index contributed by atoms with van der Waals surface area (Å²) in [5.41, 5.74) is 5.61. The van der Waals surface area contributed by atoms with Crippen LogP contribution in [0.5, 0.6) is 0 Å². The molecule has 0 atom stereocenters. The lowest BCUT2D eigenvalue weighted by Gasteiger charge is -2.24. The summed E-state index contributed by atoms with van der Waals surface area (Å²) in [6, 6.07) is 28.8. The van der Waals surface area contributed by atoms with E-state index in [1.807, 2.05) is 36.4 Å². The van der Waals surface area contributed by atoms with Gasteiger partial charge >= 0.3 is 5.97 Å². The summed E-state index contributed by atoms with van der Waals surface area (Å²) < 4.78 is 11.3. The van der Waals surface area contributed by atoms with Crippen molar-refractivity contribution in [3.8, 4) is 22.5 Å². The van der Waals surface area contributed by atoms with Crippen LogP contribution in [0.25, 0.3) is 33.6 Å². The highest BCUT2D eigenvalue weighted by molar-refractivity contribution is 6.07. The maximum atomic E-state index is 11.6. The average molecular weight is 535 g/mol. The number of fused-ring (bicyclic) bond motifs is 1. The first kappa shape index (κ1) is 26.9. The van der Waals surface area contributed by atoms with E-state index >= 15 is 0 Å². The van der Waals surface area contributed by atoms with Crippen molar-refractivity contribution in [1.82, 2.24) is 9.97 Å². The number of hydrogen-bond donors (Lipinski definition) is 1. The van der Waals surface area contributed by atoms with Gasteiger partial charge in [-0.15, -0.1) is 0 Å². The molecule has 0 aliphatic heterocycles. The predicted molar refractivity (Wildman–Crippen MR) is 161 cm³/mol. The third-order valence-corrected chi connectivity index (χ3v) is 6.87. The number of carbonyl (C=O) groups is 1. The zero-order chi connectivity index (χ0) is 27.7. The second-order valence-electron chi connectivity index (χ2n) is 9.53. The van der Waals surface area contributed by atoms with Gasteiger partial charge < -0.3 is 19.4 Å². The van der Waals surface area contributed by atoms with Gasteiger partial charge in [0, 0.05) is 42.0 Å². The highest BCUT2D eigenvalue weighted by atomic mass is 16.5. The molecule has 2 aromatic heterocycles. The minimum Gasteiger partial charge on any atom is -0.469 e. The van der Waals surface area contributed by atoms with Crippen molar-refractivity contribution in [2.75, 3.05) is 30.4 Å². The number of rotatable bonds is 12. The van der Waals surface area contributed by atoms with Crippen LogP contribution >= 0.6 is 0 Å². The SMILES string of the molecule is CCNc1ccc(-c2c(-c3ccccc3)oc3ncnc(N(CCCCCC(=O)OC)c4ccccc4)c23)cc1. The summed E-state index contributed by atoms with van der Waals surface area (Å²) >= 11 is 0. The van der Waals surface area contributed by atoms with Crippen LogP contribution in [0.1, 0.15) is 32.6 Å². The first-order valence-electron chi connectivity index (χ1n) is 13.8. The fourth-order valence-electron chi connectivity index (χ4n) is 4.93. The quantitative estimate of drug-likeness (QED) is 0.129. The number of anilines is 3. The topological polar surface area (TPSA) is 80.5 Å². The van der Waals surface area contributed by atoms with E-state index in [2.05, 4.69) is 70.7 Å². The van der Waals surface area contributed by atoms with E-state index in [1.165, 1.54) is 7.11 Å². The maximum Gasteiger partial charge on any atom is 0.305 e. The van der Waals surface area contributed by atoms with Crippen molar-refractivity contribution in [3.05, 3.63) is 91.3 Å². The fourth-order valence-corrected chi connectivity index (χ4v) is 4.93. The highest BCUT2D eigenvalue weighted by Gasteiger charge is 2.25. The minimum atomic E-state index is -0.172. The second-order valence-corrected chi connectivity index (χ2v) is 9.53. The largest absolute Gasteiger partial charge is 0.469 e. The first-order chi connectivity index (χ1) is 19.7. The van der Waals surface area contributed by atoms with Crippen LogP contribution in [0.3, 0.4) is 0 Å². The van der Waals surface area contributed by atoms with Gasteiger partial charge in [-0.3, -0.25) is 4.79 Å². The standard InChI is InChI=1S/C33H34N4O3/c1-3-34-26-20-18-24(19-21-26)29-30-32(35-23-36-33(30)40-31(29)25-13-7-4-8-14-25)37(27-15-9-5-10-16-27)22-12-6-11-17-28(38)39-2/h4-5,7-10,13-16,18-21,23,34H,3,6,11-12,17,22H2,1-2H3. The molecule has 0 radical (unpaired) electrons. The molecule has 0 saturated carbocycles. The molecule has 7 nitrogen and oxygen atoms in total. The van der Waals surface area contributed by atoms with E-state index in [-0.39, 0.29) is 5.97 Å². The van der Waals surface area contributed by atoms with Crippen LogP contribution in [-0.4, -0.2) is 36.1 Å². The number of furan rings is 1. The molecule has 3 aromatic carbocycles. The number of nitrogens with zero attached hydrogens (tertiary/aromatic N) is 3. The molecule has 1 N–H and O–H groups in total. The van der Waals surface area contributed by atoms with Gasteiger partial charge in [0.25, 0.3) is 0 Å². The van der Waals surface area contributed by atoms with Crippen molar-refractivity contribution < 1.29 is 13.9 Å². The number of para-hydroxylation sites is 1. The lowest BCUT2D eigenvalue weighted by Crippen LogP contribution is -2.20. The zero-order valence-corrected chi connectivity index (χ0v) is 23.0. The molecule has 40 heavy (non-hydrogen) atoms. The lowest BCUT2D eigenvalue weighted by molar-refractivity contribution is -0.140. The van der Waals surface area contributed by atoms with Gasteiger partial charge in [0.1, 0.15) is 17.9 Å². The number of carbonyl (C=O) groups excluding carboxylic acids is 1. The summed E-state index contributed by atoms with van der Waals surface area (Å²) in [5, 5.41) is 4.24. The van der Waals surface area contributed by atoms with Crippen LogP contribution in [0.2, 0.25) is 0 Å². The normalized spacial score (nSPS) is 10.9. The maximum absolute atomic E-state index is 11.6. The molecule has 0 fully saturated rings. The smallest absolute Gasteiger partial charge is 0.305 e. The number of nitrogens with one attached hydrogen (secondary N) is 1. The van der Waals surface area contributed by atoms with E-state index < -0.39 is 0 Å². The zero-order valence-electron chi connectivity index (χ0n) is 23.0. The molecule has 5 aromatic rings. The minimum absolute atomic E-state index is 0.172. The molecular formula is C33H34N4O3. The van der Waals surface area contributed by atoms with Crippen molar-refractivity contribution in [2.45, 2.75) is 32.6 Å². The molecule has 0 amide bonds. The number of aromatic nitrogens is 2. The molecule has 0 aliphatic rings. The molecule has 0 unspecified atom stereocenters. The number of ether oxygens (including phenoxy) is 1. The Morgan fingerprint density at radius 1 is 0.875 bits per heavy atom. The molecule has 0 aliphatic carbocycles. The third kappa shape index (κ3) is 5.99. The Labute approximate surface area is 234 Å². The van der Waals surface area contributed by atoms with Gasteiger partial charge in [0.15, 0.2) is 0 Å². The Morgan fingerprint density at radius 3 is 2.30 bits per heavy atom. The Bertz CT molecular complexity index is 1530. The van der Waals surface area contributed by atoms with E-state index in [4.69, 9.17) is 14.1 Å². The second kappa shape index (κ2) is 12.9. The van der Waals surface area contributed by atoms with Crippen LogP contribution in [0.4, 0.5) is 17.2 Å². The molecule has 0 spiro atoms. The van der Waals surface area contributed by atoms with Crippen LogP contribution < -0.4 is 10.2 Å². The number of methoxy groups -OCH3 is 1. The number of hydrogen-bond acceptors (Lipinski definition) is 7. The number of benzene rings is 3. The van der Waals surface area contributed by atoms with Gasteiger partial charge in [0.2, 0.25) is 5.71 Å². The molecule has 5 rings (SSSR count). The first-order valence-corrected chi connectivity index (χ1v) is 13.8. The third-order valence-electron chi connectivity index (χ3n) is 6.87. The van der Waals surface area contributed by atoms with Crippen molar-refractivity contribution >= 4 is 34.3 Å². The Hall–Kier alpha value is -4.65. The highest BCUT2D eigenvalue weighted by Crippen LogP contribution is 2.44. The molecular weight excluding hydrogens is 500 g/mol. The number of esters is 1. The molecule has 0 saturated heterocycles. The van der Waals surface area contributed by atoms with Gasteiger partial charge in [-0.2, -0.15) is 0 Å². The monoisotopic (exact) mass is 534 g/mol. The van der Waals surface area contributed by atoms with E-state index in [0.717, 1.165) is 77.4 Å². The summed E-state index contributed by atoms with van der Waals surface area (Å²) in [6.45, 7) is 3.66. The van der Waals surface area contributed by atoms with Gasteiger partial charge in [-0.1, -0.05) is 67.1 Å². The summed E-state index contributed by atoms with van der Waals surface area (Å²) in [5.74, 6) is 1.38.